The first-order valence-corrected chi connectivity index (χ1v) is 14.0. The average Bonchev–Trinajstić information content (AvgIpc) is 3.03. The zero-order chi connectivity index (χ0) is 30.0. The summed E-state index contributed by atoms with van der Waals surface area (Å²) >= 11 is 0. The summed E-state index contributed by atoms with van der Waals surface area (Å²) in [5.41, 5.74) is 12.3. The number of rotatable bonds is 13. The van der Waals surface area contributed by atoms with Gasteiger partial charge in [-0.3, -0.25) is 5.32 Å². The van der Waals surface area contributed by atoms with E-state index in [1.807, 2.05) is 92.0 Å². The van der Waals surface area contributed by atoms with Crippen molar-refractivity contribution in [3.8, 4) is 0 Å². The van der Waals surface area contributed by atoms with E-state index in [-0.39, 0.29) is 11.9 Å². The molecule has 1 unspecified atom stereocenters. The van der Waals surface area contributed by atoms with Crippen molar-refractivity contribution in [2.45, 2.75) is 38.5 Å². The minimum absolute atomic E-state index is 0.0383. The quantitative estimate of drug-likeness (QED) is 0.145. The van der Waals surface area contributed by atoms with Crippen LogP contribution in [0.25, 0.3) is 0 Å². The van der Waals surface area contributed by atoms with Gasteiger partial charge in [-0.1, -0.05) is 116 Å². The Balaban J connectivity index is 0.000000258. The van der Waals surface area contributed by atoms with Gasteiger partial charge in [0.15, 0.2) is 0 Å². The van der Waals surface area contributed by atoms with Crippen LogP contribution in [0.5, 0.6) is 0 Å². The van der Waals surface area contributed by atoms with Gasteiger partial charge in [-0.15, -0.1) is 0 Å². The van der Waals surface area contributed by atoms with Gasteiger partial charge in [0.1, 0.15) is 6.29 Å². The summed E-state index contributed by atoms with van der Waals surface area (Å²) in [4.78, 5) is 23.1. The van der Waals surface area contributed by atoms with E-state index in [1.165, 1.54) is 11.1 Å². The smallest absolute Gasteiger partial charge is 0.320 e. The molecule has 0 aliphatic rings. The zero-order valence-electron chi connectivity index (χ0n) is 24.2. The van der Waals surface area contributed by atoms with Crippen molar-refractivity contribution in [2.75, 3.05) is 7.05 Å². The number of benzene rings is 4. The molecule has 0 bridgehead atoms. The summed E-state index contributed by atoms with van der Waals surface area (Å²) in [6.45, 7) is 6.16. The maximum Gasteiger partial charge on any atom is 0.320 e. The van der Waals surface area contributed by atoms with Gasteiger partial charge in [-0.2, -0.15) is 0 Å². The number of hydrogen-bond donors (Lipinski definition) is 5. The van der Waals surface area contributed by atoms with Crippen molar-refractivity contribution in [2.24, 2.45) is 5.73 Å². The molecule has 0 radical (unpaired) electrons. The Labute approximate surface area is 249 Å². The topological polar surface area (TPSA) is 108 Å². The normalized spacial score (nSPS) is 10.9. The first-order chi connectivity index (χ1) is 20.5. The van der Waals surface area contributed by atoms with Crippen molar-refractivity contribution in [3.05, 3.63) is 155 Å². The molecular weight excluding hydrogens is 522 g/mol. The minimum atomic E-state index is -0.301. The monoisotopic (exact) mass is 563 g/mol. The van der Waals surface area contributed by atoms with Crippen molar-refractivity contribution < 1.29 is 9.59 Å². The van der Waals surface area contributed by atoms with Crippen molar-refractivity contribution in [1.29, 1.82) is 0 Å². The van der Waals surface area contributed by atoms with Crippen LogP contribution in [0.4, 0.5) is 4.79 Å². The Hall–Kier alpha value is -4.72. The fourth-order valence-corrected chi connectivity index (χ4v) is 4.35. The SMILES string of the molecule is C=C(NCc1cccc(CNC)c1)NC(=O)NCc1cccc(CN)c1.O=CC(Cc1ccccc1)c1ccccc1. The van der Waals surface area contributed by atoms with E-state index in [0.717, 1.165) is 41.5 Å². The molecule has 42 heavy (non-hydrogen) atoms. The molecule has 0 saturated heterocycles. The van der Waals surface area contributed by atoms with E-state index in [1.54, 1.807) is 0 Å². The maximum absolute atomic E-state index is 12.0. The Morgan fingerprint density at radius 1 is 0.738 bits per heavy atom. The largest absolute Gasteiger partial charge is 0.368 e. The van der Waals surface area contributed by atoms with E-state index < -0.39 is 0 Å². The Morgan fingerprint density at radius 3 is 1.86 bits per heavy atom. The highest BCUT2D eigenvalue weighted by Crippen LogP contribution is 2.18. The Morgan fingerprint density at radius 2 is 1.26 bits per heavy atom. The van der Waals surface area contributed by atoms with Crippen LogP contribution >= 0.6 is 0 Å². The second kappa shape index (κ2) is 17.9. The number of hydrogen-bond acceptors (Lipinski definition) is 5. The first-order valence-electron chi connectivity index (χ1n) is 14.0. The van der Waals surface area contributed by atoms with E-state index >= 15 is 0 Å². The number of carbonyl (C=O) groups is 2. The van der Waals surface area contributed by atoms with Gasteiger partial charge in [0.2, 0.25) is 0 Å². The number of nitrogens with two attached hydrogens (primary N) is 1. The third-order valence-electron chi connectivity index (χ3n) is 6.51. The van der Waals surface area contributed by atoms with Gasteiger partial charge in [-0.05, 0) is 46.8 Å². The lowest BCUT2D eigenvalue weighted by molar-refractivity contribution is -0.109. The molecule has 0 heterocycles. The zero-order valence-corrected chi connectivity index (χ0v) is 24.2. The van der Waals surface area contributed by atoms with Gasteiger partial charge in [0.05, 0.1) is 5.82 Å². The van der Waals surface area contributed by atoms with Gasteiger partial charge in [0, 0.05) is 32.1 Å². The predicted molar refractivity (Wildman–Crippen MR) is 170 cm³/mol. The van der Waals surface area contributed by atoms with E-state index in [9.17, 15) is 9.59 Å². The highest BCUT2D eigenvalue weighted by Gasteiger charge is 2.10. The van der Waals surface area contributed by atoms with Gasteiger partial charge in [-0.25, -0.2) is 4.79 Å². The van der Waals surface area contributed by atoms with Crippen LogP contribution in [0.2, 0.25) is 0 Å². The third-order valence-corrected chi connectivity index (χ3v) is 6.51. The van der Waals surface area contributed by atoms with Crippen LogP contribution in [0.15, 0.2) is 122 Å². The van der Waals surface area contributed by atoms with Crippen LogP contribution in [0.3, 0.4) is 0 Å². The minimum Gasteiger partial charge on any atom is -0.368 e. The Kier molecular flexibility index (Phi) is 13.5. The lowest BCUT2D eigenvalue weighted by Gasteiger charge is -2.13. The lowest BCUT2D eigenvalue weighted by Crippen LogP contribution is -2.38. The van der Waals surface area contributed by atoms with E-state index in [2.05, 4.69) is 52.1 Å². The molecule has 4 aromatic carbocycles. The van der Waals surface area contributed by atoms with Crippen LogP contribution < -0.4 is 27.0 Å². The number of aldehydes is 1. The number of carbonyl (C=O) groups excluding carboxylic acids is 2. The van der Waals surface area contributed by atoms with E-state index in [0.29, 0.717) is 25.5 Å². The summed E-state index contributed by atoms with van der Waals surface area (Å²) < 4.78 is 0. The Bertz CT molecular complexity index is 1390. The number of nitrogens with one attached hydrogen (secondary N) is 4. The highest BCUT2D eigenvalue weighted by molar-refractivity contribution is 5.75. The second-order valence-corrected chi connectivity index (χ2v) is 9.86. The van der Waals surface area contributed by atoms with E-state index in [4.69, 9.17) is 5.73 Å². The second-order valence-electron chi connectivity index (χ2n) is 9.86. The molecule has 7 heteroatoms. The molecular formula is C35H41N5O2. The molecule has 0 aliphatic heterocycles. The summed E-state index contributed by atoms with van der Waals surface area (Å²) in [6, 6.07) is 35.8. The molecule has 2 amide bonds. The molecule has 0 spiro atoms. The van der Waals surface area contributed by atoms with Gasteiger partial charge >= 0.3 is 6.03 Å². The molecule has 6 N–H and O–H groups in total. The summed E-state index contributed by atoms with van der Waals surface area (Å²) in [7, 11) is 1.92. The number of urea groups is 1. The molecule has 7 nitrogen and oxygen atoms in total. The van der Waals surface area contributed by atoms with Crippen molar-refractivity contribution >= 4 is 12.3 Å². The molecule has 4 aromatic rings. The van der Waals surface area contributed by atoms with Crippen LogP contribution in [0.1, 0.15) is 39.3 Å². The van der Waals surface area contributed by atoms with Crippen LogP contribution in [-0.2, 0) is 37.4 Å². The summed E-state index contributed by atoms with van der Waals surface area (Å²) in [5.74, 6) is 0.417. The van der Waals surface area contributed by atoms with Gasteiger partial charge in [0.25, 0.3) is 0 Å². The maximum atomic E-state index is 12.0. The first kappa shape index (κ1) is 31.8. The summed E-state index contributed by atoms with van der Waals surface area (Å²) in [6.07, 6.45) is 1.80. The fourth-order valence-electron chi connectivity index (χ4n) is 4.35. The van der Waals surface area contributed by atoms with Crippen LogP contribution in [0, 0.1) is 0 Å². The number of amides is 2. The predicted octanol–water partition coefficient (Wildman–Crippen LogP) is 5.14. The van der Waals surface area contributed by atoms with Crippen molar-refractivity contribution in [3.63, 3.8) is 0 Å². The standard InChI is InChI=1S/C20H27N5O.C15H14O/c1-15(23-13-19-8-4-6-17(10-19)12-22-2)25-20(26)24-14-18-7-3-5-16(9-18)11-21;16-12-15(14-9-5-2-6-10-14)11-13-7-3-1-4-8-13/h3-10,22-23H,1,11-14,21H2,2H3,(H2,24,25,26);1-10,12,15H,11H2. The average molecular weight is 564 g/mol. The third kappa shape index (κ3) is 11.4. The molecule has 0 saturated carbocycles. The fraction of sp³-hybridized carbons (Fsp3) is 0.200. The molecule has 0 fully saturated rings. The lowest BCUT2D eigenvalue weighted by atomic mass is 9.93. The molecule has 218 valence electrons. The molecule has 0 aliphatic carbocycles. The molecule has 1 atom stereocenters. The molecule has 4 rings (SSSR count). The highest BCUT2D eigenvalue weighted by atomic mass is 16.2. The van der Waals surface area contributed by atoms with Crippen LogP contribution in [-0.4, -0.2) is 19.4 Å². The van der Waals surface area contributed by atoms with Gasteiger partial charge < -0.3 is 26.5 Å². The summed E-state index contributed by atoms with van der Waals surface area (Å²) in [5, 5.41) is 11.7. The van der Waals surface area contributed by atoms with Crippen molar-refractivity contribution in [1.82, 2.24) is 21.3 Å². The molecule has 0 aromatic heterocycles.